The van der Waals surface area contributed by atoms with Crippen molar-refractivity contribution in [3.63, 3.8) is 0 Å². The number of aryl methyl sites for hydroxylation is 1. The third kappa shape index (κ3) is 2.75. The quantitative estimate of drug-likeness (QED) is 0.872. The number of alkyl halides is 2. The minimum absolute atomic E-state index is 0.00162. The second kappa shape index (κ2) is 5.48. The number of hydrogen-bond acceptors (Lipinski definition) is 4. The normalized spacial score (nSPS) is 21.4. The molecule has 0 unspecified atom stereocenters. The second-order valence-electron chi connectivity index (χ2n) is 7.56. The summed E-state index contributed by atoms with van der Waals surface area (Å²) in [6.07, 6.45) is 1.33. The lowest BCUT2D eigenvalue weighted by atomic mass is 9.45. The number of aromatic nitrogens is 1. The zero-order chi connectivity index (χ0) is 17.9. The van der Waals surface area contributed by atoms with Crippen LogP contribution in [0.2, 0.25) is 0 Å². The van der Waals surface area contributed by atoms with Crippen LogP contribution in [0.15, 0.2) is 27.5 Å². The summed E-state index contributed by atoms with van der Waals surface area (Å²) in [6.45, 7) is 1.44. The van der Waals surface area contributed by atoms with E-state index in [1.54, 1.807) is 13.0 Å². The fraction of sp³-hybridized carbons (Fsp3) is 0.588. The lowest BCUT2D eigenvalue weighted by Gasteiger charge is -2.60. The Balaban J connectivity index is 1.52. The molecule has 0 radical (unpaired) electrons. The van der Waals surface area contributed by atoms with Crippen molar-refractivity contribution in [1.82, 2.24) is 9.71 Å². The van der Waals surface area contributed by atoms with E-state index in [0.717, 1.165) is 19.3 Å². The van der Waals surface area contributed by atoms with Gasteiger partial charge in [-0.25, -0.2) is 26.9 Å². The fourth-order valence-electron chi connectivity index (χ4n) is 4.34. The predicted molar refractivity (Wildman–Crippen MR) is 87.9 cm³/mol. The molecule has 2 aromatic rings. The van der Waals surface area contributed by atoms with Gasteiger partial charge in [0.2, 0.25) is 16.4 Å². The minimum Gasteiger partial charge on any atom is -0.441 e. The Morgan fingerprint density at radius 1 is 1.32 bits per heavy atom. The third-order valence-electron chi connectivity index (χ3n) is 5.72. The molecule has 2 saturated carbocycles. The Labute approximate surface area is 144 Å². The first kappa shape index (κ1) is 16.9. The average molecular weight is 370 g/mol. The number of nitrogens with one attached hydrogen (secondary N) is 1. The molecule has 0 saturated heterocycles. The third-order valence-corrected chi connectivity index (χ3v) is 7.12. The Morgan fingerprint density at radius 2 is 2.04 bits per heavy atom. The zero-order valence-electron chi connectivity index (χ0n) is 13.9. The Bertz CT molecular complexity index is 911. The second-order valence-corrected chi connectivity index (χ2v) is 9.32. The highest BCUT2D eigenvalue weighted by Gasteiger charge is 2.61. The van der Waals surface area contributed by atoms with E-state index in [0.29, 0.717) is 29.8 Å². The molecule has 4 rings (SSSR count). The van der Waals surface area contributed by atoms with Crippen LogP contribution in [0.1, 0.15) is 38.0 Å². The molecular weight excluding hydrogens is 350 g/mol. The maximum atomic E-state index is 13.6. The molecule has 2 aliphatic carbocycles. The molecule has 2 fully saturated rings. The molecule has 0 atom stereocenters. The summed E-state index contributed by atoms with van der Waals surface area (Å²) in [6, 6.07) is 4.34. The van der Waals surface area contributed by atoms with Gasteiger partial charge in [0.15, 0.2) is 11.5 Å². The van der Waals surface area contributed by atoms with Gasteiger partial charge in [-0.1, -0.05) is 6.42 Å². The van der Waals surface area contributed by atoms with Gasteiger partial charge in [0.25, 0.3) is 0 Å². The van der Waals surface area contributed by atoms with Crippen LogP contribution in [-0.2, 0) is 10.0 Å². The molecule has 2 aliphatic rings. The highest BCUT2D eigenvalue weighted by Crippen LogP contribution is 2.66. The largest absolute Gasteiger partial charge is 0.441 e. The molecule has 1 spiro atoms. The number of hydrogen-bond donors (Lipinski definition) is 1. The van der Waals surface area contributed by atoms with Gasteiger partial charge >= 0.3 is 0 Å². The molecule has 1 aromatic heterocycles. The van der Waals surface area contributed by atoms with E-state index in [1.807, 2.05) is 0 Å². The van der Waals surface area contributed by atoms with Crippen LogP contribution in [0.3, 0.4) is 0 Å². The van der Waals surface area contributed by atoms with Gasteiger partial charge in [-0.3, -0.25) is 0 Å². The van der Waals surface area contributed by atoms with Gasteiger partial charge < -0.3 is 4.42 Å². The van der Waals surface area contributed by atoms with Crippen molar-refractivity contribution in [2.24, 2.45) is 10.8 Å². The number of oxazole rings is 1. The highest BCUT2D eigenvalue weighted by atomic mass is 32.2. The number of fused-ring (bicyclic) bond motifs is 1. The summed E-state index contributed by atoms with van der Waals surface area (Å²) in [5.74, 6) is 0.439. The van der Waals surface area contributed by atoms with Gasteiger partial charge in [-0.15, -0.1) is 0 Å². The Kier molecular flexibility index (Phi) is 3.70. The SMILES string of the molecule is Cc1nc2ccc(S(=O)(=O)NCC3(C(F)F)CC4(CCC4)C3)cc2o1. The number of rotatable bonds is 5. The van der Waals surface area contributed by atoms with E-state index >= 15 is 0 Å². The number of benzene rings is 1. The smallest absolute Gasteiger partial charge is 0.245 e. The topological polar surface area (TPSA) is 72.2 Å². The molecular formula is C17H20F2N2O3S. The summed E-state index contributed by atoms with van der Waals surface area (Å²) in [4.78, 5) is 4.12. The van der Waals surface area contributed by atoms with Gasteiger partial charge in [0, 0.05) is 24.9 Å². The maximum Gasteiger partial charge on any atom is 0.245 e. The van der Waals surface area contributed by atoms with Crippen molar-refractivity contribution in [2.75, 3.05) is 6.54 Å². The molecule has 25 heavy (non-hydrogen) atoms. The van der Waals surface area contributed by atoms with Crippen molar-refractivity contribution in [2.45, 2.75) is 50.3 Å². The van der Waals surface area contributed by atoms with E-state index < -0.39 is 21.9 Å². The van der Waals surface area contributed by atoms with E-state index in [-0.39, 0.29) is 16.9 Å². The zero-order valence-corrected chi connectivity index (χ0v) is 14.7. The van der Waals surface area contributed by atoms with Crippen molar-refractivity contribution in [1.29, 1.82) is 0 Å². The van der Waals surface area contributed by atoms with Crippen molar-refractivity contribution in [3.8, 4) is 0 Å². The predicted octanol–water partition coefficient (Wildman–Crippen LogP) is 3.63. The van der Waals surface area contributed by atoms with E-state index in [4.69, 9.17) is 4.42 Å². The molecule has 136 valence electrons. The first-order chi connectivity index (χ1) is 11.7. The Hall–Kier alpha value is -1.54. The van der Waals surface area contributed by atoms with Crippen LogP contribution in [-0.4, -0.2) is 26.4 Å². The van der Waals surface area contributed by atoms with Gasteiger partial charge in [-0.05, 0) is 43.2 Å². The summed E-state index contributed by atoms with van der Waals surface area (Å²) in [5.41, 5.74) is -0.272. The molecule has 5 nitrogen and oxygen atoms in total. The lowest BCUT2D eigenvalue weighted by Crippen LogP contribution is -2.58. The first-order valence-electron chi connectivity index (χ1n) is 8.39. The van der Waals surface area contributed by atoms with E-state index in [2.05, 4.69) is 9.71 Å². The van der Waals surface area contributed by atoms with Crippen molar-refractivity contribution in [3.05, 3.63) is 24.1 Å². The average Bonchev–Trinajstić information content (AvgIpc) is 2.83. The molecule has 1 N–H and O–H groups in total. The van der Waals surface area contributed by atoms with Gasteiger partial charge in [-0.2, -0.15) is 0 Å². The first-order valence-corrected chi connectivity index (χ1v) is 9.87. The maximum absolute atomic E-state index is 13.6. The summed E-state index contributed by atoms with van der Waals surface area (Å²) in [5, 5.41) is 0. The lowest BCUT2D eigenvalue weighted by molar-refractivity contribution is -0.166. The molecule has 8 heteroatoms. The summed E-state index contributed by atoms with van der Waals surface area (Å²) in [7, 11) is -3.88. The molecule has 0 bridgehead atoms. The number of sulfonamides is 1. The standard InChI is InChI=1S/C17H20F2N2O3S/c1-11-21-13-4-3-12(7-14(13)24-11)25(22,23)20-10-17(15(18)19)8-16(9-17)5-2-6-16/h3-4,7,15,20H,2,5-6,8-10H2,1H3. The van der Waals surface area contributed by atoms with Gasteiger partial charge in [0.1, 0.15) is 5.52 Å². The minimum atomic E-state index is -3.88. The molecule has 1 heterocycles. The fourth-order valence-corrected chi connectivity index (χ4v) is 5.49. The van der Waals surface area contributed by atoms with Crippen LogP contribution >= 0.6 is 0 Å². The monoisotopic (exact) mass is 370 g/mol. The molecule has 1 aromatic carbocycles. The highest BCUT2D eigenvalue weighted by molar-refractivity contribution is 7.89. The summed E-state index contributed by atoms with van der Waals surface area (Å²) >= 11 is 0. The van der Waals surface area contributed by atoms with E-state index in [9.17, 15) is 17.2 Å². The van der Waals surface area contributed by atoms with Gasteiger partial charge in [0.05, 0.1) is 4.90 Å². The van der Waals surface area contributed by atoms with Crippen LogP contribution in [0, 0.1) is 17.8 Å². The Morgan fingerprint density at radius 3 is 2.64 bits per heavy atom. The molecule has 0 amide bonds. The number of halogens is 2. The molecule has 0 aliphatic heterocycles. The van der Waals surface area contributed by atoms with Crippen molar-refractivity contribution < 1.29 is 21.6 Å². The van der Waals surface area contributed by atoms with Crippen molar-refractivity contribution >= 4 is 21.1 Å². The van der Waals surface area contributed by atoms with Crippen LogP contribution in [0.4, 0.5) is 8.78 Å². The number of nitrogens with zero attached hydrogens (tertiary/aromatic N) is 1. The van der Waals surface area contributed by atoms with Crippen LogP contribution in [0.5, 0.6) is 0 Å². The summed E-state index contributed by atoms with van der Waals surface area (Å²) < 4.78 is 59.9. The van der Waals surface area contributed by atoms with Crippen LogP contribution in [0.25, 0.3) is 11.1 Å². The van der Waals surface area contributed by atoms with E-state index in [1.165, 1.54) is 12.1 Å². The van der Waals surface area contributed by atoms with Crippen LogP contribution < -0.4 is 4.72 Å².